The molecule has 3 rings (SSSR count). The molecule has 0 amide bonds. The van der Waals surface area contributed by atoms with Gasteiger partial charge in [-0.25, -0.2) is 9.97 Å². The minimum absolute atomic E-state index is 0.527. The van der Waals surface area contributed by atoms with Crippen LogP contribution < -0.4 is 5.73 Å². The molecule has 2 heterocycles. The molecule has 0 aliphatic heterocycles. The van der Waals surface area contributed by atoms with E-state index < -0.39 is 0 Å². The molecule has 1 aliphatic rings. The molecule has 0 radical (unpaired) electrons. The van der Waals surface area contributed by atoms with Crippen LogP contribution >= 0.6 is 0 Å². The average Bonchev–Trinajstić information content (AvgIpc) is 3.13. The number of hydrogen-bond donors (Lipinski definition) is 1. The van der Waals surface area contributed by atoms with Crippen molar-refractivity contribution in [2.75, 3.05) is 5.73 Å². The van der Waals surface area contributed by atoms with E-state index in [9.17, 15) is 0 Å². The number of anilines is 1. The van der Waals surface area contributed by atoms with E-state index in [1.165, 1.54) is 25.7 Å². The van der Waals surface area contributed by atoms with E-state index in [0.717, 1.165) is 23.0 Å². The number of aromatic nitrogens is 4. The molecule has 1 aliphatic carbocycles. The fraction of sp³-hybridized carbons (Fsp3) is 0.467. The first-order valence-electron chi connectivity index (χ1n) is 7.16. The van der Waals surface area contributed by atoms with Crippen molar-refractivity contribution >= 4 is 5.82 Å². The van der Waals surface area contributed by atoms with Gasteiger partial charge in [0, 0.05) is 19.5 Å². The Hall–Kier alpha value is -2.04. The van der Waals surface area contributed by atoms with Crippen molar-refractivity contribution in [2.45, 2.75) is 38.1 Å². The highest BCUT2D eigenvalue weighted by molar-refractivity contribution is 5.68. The molecule has 1 fully saturated rings. The molecule has 2 aromatic heterocycles. The molecule has 1 saturated carbocycles. The standard InChI is InChI=1S/C15H21N5/c1-3-8-20-14(16)13(12-9-17-10-19(12)2)18-15(20)11-6-4-5-7-11/h3,9-11H,1,4-8,16H2,2H3. The molecular weight excluding hydrogens is 250 g/mol. The van der Waals surface area contributed by atoms with Crippen LogP contribution in [0.3, 0.4) is 0 Å². The molecular formula is C15H21N5. The molecule has 2 aromatic rings. The predicted octanol–water partition coefficient (Wildman–Crippen LogP) is 2.71. The van der Waals surface area contributed by atoms with E-state index in [2.05, 4.69) is 16.1 Å². The zero-order valence-electron chi connectivity index (χ0n) is 11.9. The highest BCUT2D eigenvalue weighted by Gasteiger charge is 2.26. The summed E-state index contributed by atoms with van der Waals surface area (Å²) in [5.41, 5.74) is 8.13. The number of nitrogens with zero attached hydrogens (tertiary/aromatic N) is 4. The van der Waals surface area contributed by atoms with Crippen molar-refractivity contribution in [2.24, 2.45) is 7.05 Å². The van der Waals surface area contributed by atoms with Crippen molar-refractivity contribution in [1.82, 2.24) is 19.1 Å². The van der Waals surface area contributed by atoms with E-state index in [4.69, 9.17) is 10.7 Å². The Kier molecular flexibility index (Phi) is 3.34. The lowest BCUT2D eigenvalue weighted by molar-refractivity contribution is 0.618. The van der Waals surface area contributed by atoms with Gasteiger partial charge in [0.2, 0.25) is 0 Å². The lowest BCUT2D eigenvalue weighted by Crippen LogP contribution is -2.08. The number of allylic oxidation sites excluding steroid dienone is 1. The summed E-state index contributed by atoms with van der Waals surface area (Å²) < 4.78 is 4.06. The summed E-state index contributed by atoms with van der Waals surface area (Å²) >= 11 is 0. The van der Waals surface area contributed by atoms with E-state index in [1.807, 2.05) is 23.9 Å². The first-order chi connectivity index (χ1) is 9.72. The summed E-state index contributed by atoms with van der Waals surface area (Å²) in [5, 5.41) is 0. The van der Waals surface area contributed by atoms with Gasteiger partial charge in [-0.3, -0.25) is 0 Å². The topological polar surface area (TPSA) is 61.7 Å². The number of aryl methyl sites for hydroxylation is 1. The Balaban J connectivity index is 2.10. The summed E-state index contributed by atoms with van der Waals surface area (Å²) in [5.74, 6) is 2.35. The highest BCUT2D eigenvalue weighted by atomic mass is 15.2. The normalized spacial score (nSPS) is 15.8. The summed E-state index contributed by atoms with van der Waals surface area (Å²) in [4.78, 5) is 9.00. The highest BCUT2D eigenvalue weighted by Crippen LogP contribution is 2.37. The van der Waals surface area contributed by atoms with Gasteiger partial charge < -0.3 is 14.9 Å². The van der Waals surface area contributed by atoms with Gasteiger partial charge in [-0.1, -0.05) is 18.9 Å². The van der Waals surface area contributed by atoms with Gasteiger partial charge in [-0.2, -0.15) is 0 Å². The first kappa shape index (κ1) is 13.0. The summed E-state index contributed by atoms with van der Waals surface area (Å²) in [6.07, 6.45) is 10.4. The van der Waals surface area contributed by atoms with Crippen LogP contribution in [0.1, 0.15) is 37.4 Å². The average molecular weight is 271 g/mol. The minimum Gasteiger partial charge on any atom is -0.383 e. The van der Waals surface area contributed by atoms with Crippen LogP contribution in [0.2, 0.25) is 0 Å². The van der Waals surface area contributed by atoms with Gasteiger partial charge in [-0.05, 0) is 12.8 Å². The Labute approximate surface area is 119 Å². The van der Waals surface area contributed by atoms with Gasteiger partial charge in [0.25, 0.3) is 0 Å². The molecule has 0 unspecified atom stereocenters. The molecule has 2 N–H and O–H groups in total. The maximum absolute atomic E-state index is 6.33. The van der Waals surface area contributed by atoms with Crippen LogP contribution in [0.25, 0.3) is 11.4 Å². The second-order valence-corrected chi connectivity index (χ2v) is 5.47. The monoisotopic (exact) mass is 271 g/mol. The predicted molar refractivity (Wildman–Crippen MR) is 80.2 cm³/mol. The van der Waals surface area contributed by atoms with Crippen molar-refractivity contribution in [3.63, 3.8) is 0 Å². The zero-order valence-corrected chi connectivity index (χ0v) is 11.9. The van der Waals surface area contributed by atoms with Crippen molar-refractivity contribution < 1.29 is 0 Å². The van der Waals surface area contributed by atoms with Gasteiger partial charge >= 0.3 is 0 Å². The van der Waals surface area contributed by atoms with Crippen LogP contribution in [-0.4, -0.2) is 19.1 Å². The number of imidazole rings is 2. The largest absolute Gasteiger partial charge is 0.383 e. The second kappa shape index (κ2) is 5.15. The molecule has 0 atom stereocenters. The first-order valence-corrected chi connectivity index (χ1v) is 7.16. The van der Waals surface area contributed by atoms with E-state index in [1.54, 1.807) is 6.33 Å². The number of hydrogen-bond acceptors (Lipinski definition) is 3. The third-order valence-corrected chi connectivity index (χ3v) is 4.13. The summed E-state index contributed by atoms with van der Waals surface area (Å²) in [6.45, 7) is 4.54. The molecule has 0 aromatic carbocycles. The Morgan fingerprint density at radius 2 is 2.20 bits per heavy atom. The van der Waals surface area contributed by atoms with Gasteiger partial charge in [0.1, 0.15) is 17.3 Å². The quantitative estimate of drug-likeness (QED) is 0.870. The Morgan fingerprint density at radius 1 is 1.45 bits per heavy atom. The minimum atomic E-state index is 0.527. The van der Waals surface area contributed by atoms with Crippen molar-refractivity contribution in [1.29, 1.82) is 0 Å². The summed E-state index contributed by atoms with van der Waals surface area (Å²) in [6, 6.07) is 0. The van der Waals surface area contributed by atoms with Crippen LogP contribution in [0.4, 0.5) is 5.82 Å². The molecule has 5 heteroatoms. The lowest BCUT2D eigenvalue weighted by atomic mass is 10.1. The van der Waals surface area contributed by atoms with Gasteiger partial charge in [0.15, 0.2) is 0 Å². The SMILES string of the molecule is C=CCn1c(C2CCCC2)nc(-c2cncn2C)c1N. The van der Waals surface area contributed by atoms with E-state index in [-0.39, 0.29) is 0 Å². The molecule has 0 bridgehead atoms. The van der Waals surface area contributed by atoms with Crippen molar-refractivity contribution in [3.05, 3.63) is 31.0 Å². The maximum atomic E-state index is 6.33. The van der Waals surface area contributed by atoms with Gasteiger partial charge in [0.05, 0.1) is 18.2 Å². The third-order valence-electron chi connectivity index (χ3n) is 4.13. The maximum Gasteiger partial charge on any atom is 0.133 e. The Bertz CT molecular complexity index is 616. The van der Waals surface area contributed by atoms with Crippen LogP contribution in [0.5, 0.6) is 0 Å². The molecule has 20 heavy (non-hydrogen) atoms. The Morgan fingerprint density at radius 3 is 2.80 bits per heavy atom. The smallest absolute Gasteiger partial charge is 0.133 e. The third kappa shape index (κ3) is 2.03. The van der Waals surface area contributed by atoms with E-state index in [0.29, 0.717) is 12.5 Å². The molecule has 0 spiro atoms. The van der Waals surface area contributed by atoms with Crippen LogP contribution in [0.15, 0.2) is 25.2 Å². The van der Waals surface area contributed by atoms with Crippen LogP contribution in [0, 0.1) is 0 Å². The number of rotatable bonds is 4. The fourth-order valence-electron chi connectivity index (χ4n) is 3.07. The van der Waals surface area contributed by atoms with Crippen LogP contribution in [-0.2, 0) is 13.6 Å². The molecule has 106 valence electrons. The molecule has 5 nitrogen and oxygen atoms in total. The number of nitrogen functional groups attached to an aromatic ring is 1. The van der Waals surface area contributed by atoms with Crippen molar-refractivity contribution in [3.8, 4) is 11.4 Å². The number of nitrogens with two attached hydrogens (primary N) is 1. The fourth-order valence-corrected chi connectivity index (χ4v) is 3.07. The molecule has 0 saturated heterocycles. The van der Waals surface area contributed by atoms with E-state index >= 15 is 0 Å². The zero-order chi connectivity index (χ0) is 14.1. The lowest BCUT2D eigenvalue weighted by Gasteiger charge is -2.11. The van der Waals surface area contributed by atoms with Gasteiger partial charge in [-0.15, -0.1) is 6.58 Å². The summed E-state index contributed by atoms with van der Waals surface area (Å²) in [7, 11) is 1.96. The second-order valence-electron chi connectivity index (χ2n) is 5.47.